The molecule has 0 fully saturated rings. The zero-order chi connectivity index (χ0) is 13.1. The van der Waals surface area contributed by atoms with Gasteiger partial charge >= 0.3 is 0 Å². The Bertz CT molecular complexity index is 541. The first-order chi connectivity index (χ1) is 8.56. The first kappa shape index (κ1) is 12.4. The maximum Gasteiger partial charge on any atom is 0.165 e. The maximum atomic E-state index is 11.1. The van der Waals surface area contributed by atoms with Gasteiger partial charge in [0.2, 0.25) is 0 Å². The van der Waals surface area contributed by atoms with Gasteiger partial charge in [0.15, 0.2) is 11.5 Å². The van der Waals surface area contributed by atoms with E-state index in [-0.39, 0.29) is 5.78 Å². The van der Waals surface area contributed by atoms with E-state index in [0.717, 1.165) is 0 Å². The van der Waals surface area contributed by atoms with Gasteiger partial charge in [0.1, 0.15) is 5.75 Å². The normalized spacial score (nSPS) is 10.7. The second-order valence-electron chi connectivity index (χ2n) is 4.43. The summed E-state index contributed by atoms with van der Waals surface area (Å²) in [6, 6.07) is 7.38. The van der Waals surface area contributed by atoms with Crippen molar-refractivity contribution in [1.82, 2.24) is 9.78 Å². The van der Waals surface area contributed by atoms with Gasteiger partial charge in [-0.15, -0.1) is 0 Å². The standard InChI is InChI=1S/C14H16N2O2/c1-10(2)16-9-14(8-15-16)18-13-6-4-12(5-7-13)11(3)17/h4-10H,1-3H3. The Hall–Kier alpha value is -2.10. The molecular weight excluding hydrogens is 228 g/mol. The van der Waals surface area contributed by atoms with Gasteiger partial charge in [-0.05, 0) is 45.0 Å². The summed E-state index contributed by atoms with van der Waals surface area (Å²) in [5.41, 5.74) is 0.681. The van der Waals surface area contributed by atoms with Crippen molar-refractivity contribution in [2.45, 2.75) is 26.8 Å². The van der Waals surface area contributed by atoms with Crippen molar-refractivity contribution in [2.75, 3.05) is 0 Å². The van der Waals surface area contributed by atoms with Crippen LogP contribution in [0.3, 0.4) is 0 Å². The Morgan fingerprint density at radius 3 is 2.39 bits per heavy atom. The molecule has 0 spiro atoms. The van der Waals surface area contributed by atoms with E-state index in [1.165, 1.54) is 0 Å². The molecule has 2 aromatic rings. The summed E-state index contributed by atoms with van der Waals surface area (Å²) in [5, 5.41) is 4.20. The Morgan fingerprint density at radius 2 is 1.89 bits per heavy atom. The van der Waals surface area contributed by atoms with E-state index in [9.17, 15) is 4.79 Å². The molecule has 1 aromatic carbocycles. The Kier molecular flexibility index (Phi) is 3.46. The summed E-state index contributed by atoms with van der Waals surface area (Å²) in [7, 11) is 0. The van der Waals surface area contributed by atoms with Crippen LogP contribution in [0.1, 0.15) is 37.2 Å². The van der Waals surface area contributed by atoms with Crippen LogP contribution in [0.25, 0.3) is 0 Å². The van der Waals surface area contributed by atoms with Gasteiger partial charge in [0.05, 0.1) is 12.4 Å². The van der Waals surface area contributed by atoms with Gasteiger partial charge in [0.25, 0.3) is 0 Å². The smallest absolute Gasteiger partial charge is 0.165 e. The van der Waals surface area contributed by atoms with E-state index in [1.54, 1.807) is 37.4 Å². The van der Waals surface area contributed by atoms with Crippen molar-refractivity contribution < 1.29 is 9.53 Å². The van der Waals surface area contributed by atoms with E-state index >= 15 is 0 Å². The number of hydrogen-bond donors (Lipinski definition) is 0. The third kappa shape index (κ3) is 2.77. The molecule has 0 bridgehead atoms. The summed E-state index contributed by atoms with van der Waals surface area (Å²) < 4.78 is 7.48. The highest BCUT2D eigenvalue weighted by Gasteiger charge is 2.04. The molecule has 0 saturated carbocycles. The number of rotatable bonds is 4. The zero-order valence-corrected chi connectivity index (χ0v) is 10.8. The third-order valence-corrected chi connectivity index (χ3v) is 2.60. The molecule has 4 heteroatoms. The second-order valence-corrected chi connectivity index (χ2v) is 4.43. The van der Waals surface area contributed by atoms with Crippen LogP contribution in [0.2, 0.25) is 0 Å². The predicted octanol–water partition coefficient (Wildman–Crippen LogP) is 3.46. The van der Waals surface area contributed by atoms with Crippen LogP contribution in [-0.4, -0.2) is 15.6 Å². The van der Waals surface area contributed by atoms with Gasteiger partial charge in [-0.3, -0.25) is 9.48 Å². The van der Waals surface area contributed by atoms with E-state index in [4.69, 9.17) is 4.74 Å². The number of ketones is 1. The average Bonchev–Trinajstić information content (AvgIpc) is 2.78. The fourth-order valence-electron chi connectivity index (χ4n) is 1.55. The molecule has 0 saturated heterocycles. The second kappa shape index (κ2) is 5.04. The lowest BCUT2D eigenvalue weighted by Gasteiger charge is -2.04. The van der Waals surface area contributed by atoms with Gasteiger partial charge in [-0.2, -0.15) is 5.10 Å². The molecule has 1 heterocycles. The number of nitrogens with zero attached hydrogens (tertiary/aromatic N) is 2. The summed E-state index contributed by atoms with van der Waals surface area (Å²) >= 11 is 0. The molecule has 0 amide bonds. The first-order valence-electron chi connectivity index (χ1n) is 5.89. The molecule has 0 aliphatic rings. The number of hydrogen-bond acceptors (Lipinski definition) is 3. The summed E-state index contributed by atoms with van der Waals surface area (Å²) in [4.78, 5) is 11.1. The van der Waals surface area contributed by atoms with Crippen molar-refractivity contribution in [3.8, 4) is 11.5 Å². The van der Waals surface area contributed by atoms with E-state index in [2.05, 4.69) is 18.9 Å². The Labute approximate surface area is 106 Å². The molecule has 18 heavy (non-hydrogen) atoms. The highest BCUT2D eigenvalue weighted by molar-refractivity contribution is 5.94. The average molecular weight is 244 g/mol. The summed E-state index contributed by atoms with van der Waals surface area (Å²) in [6.07, 6.45) is 3.53. The molecule has 0 radical (unpaired) electrons. The van der Waals surface area contributed by atoms with Gasteiger partial charge in [-0.25, -0.2) is 0 Å². The molecule has 0 aliphatic heterocycles. The molecule has 0 atom stereocenters. The van der Waals surface area contributed by atoms with Crippen molar-refractivity contribution in [3.05, 3.63) is 42.2 Å². The van der Waals surface area contributed by atoms with Crippen LogP contribution in [0.15, 0.2) is 36.7 Å². The minimum atomic E-state index is 0.0502. The van der Waals surface area contributed by atoms with Crippen LogP contribution in [-0.2, 0) is 0 Å². The lowest BCUT2D eigenvalue weighted by atomic mass is 10.1. The Balaban J connectivity index is 2.10. The minimum Gasteiger partial charge on any atom is -0.454 e. The number of benzene rings is 1. The number of ether oxygens (including phenoxy) is 1. The van der Waals surface area contributed by atoms with E-state index in [0.29, 0.717) is 23.1 Å². The van der Waals surface area contributed by atoms with Gasteiger partial charge in [0, 0.05) is 11.6 Å². The topological polar surface area (TPSA) is 44.1 Å². The lowest BCUT2D eigenvalue weighted by molar-refractivity contribution is 0.101. The SMILES string of the molecule is CC(=O)c1ccc(Oc2cnn(C(C)C)c2)cc1. The van der Waals surface area contributed by atoms with Gasteiger partial charge < -0.3 is 4.74 Å². The van der Waals surface area contributed by atoms with Crippen molar-refractivity contribution in [3.63, 3.8) is 0 Å². The van der Waals surface area contributed by atoms with Crippen molar-refractivity contribution in [1.29, 1.82) is 0 Å². The number of aromatic nitrogens is 2. The van der Waals surface area contributed by atoms with Crippen molar-refractivity contribution in [2.24, 2.45) is 0 Å². The molecular formula is C14H16N2O2. The quantitative estimate of drug-likeness (QED) is 0.773. The van der Waals surface area contributed by atoms with E-state index < -0.39 is 0 Å². The highest BCUT2D eigenvalue weighted by Crippen LogP contribution is 2.22. The fraction of sp³-hybridized carbons (Fsp3) is 0.286. The number of carbonyl (C=O) groups is 1. The van der Waals surface area contributed by atoms with Crippen LogP contribution >= 0.6 is 0 Å². The Morgan fingerprint density at radius 1 is 1.22 bits per heavy atom. The molecule has 0 N–H and O–H groups in total. The molecule has 0 unspecified atom stereocenters. The van der Waals surface area contributed by atoms with Crippen LogP contribution in [0.5, 0.6) is 11.5 Å². The molecule has 94 valence electrons. The molecule has 1 aromatic heterocycles. The summed E-state index contributed by atoms with van der Waals surface area (Å²) in [5.74, 6) is 1.44. The molecule has 2 rings (SSSR count). The molecule has 4 nitrogen and oxygen atoms in total. The fourth-order valence-corrected chi connectivity index (χ4v) is 1.55. The molecule has 0 aliphatic carbocycles. The third-order valence-electron chi connectivity index (χ3n) is 2.60. The largest absolute Gasteiger partial charge is 0.454 e. The van der Waals surface area contributed by atoms with E-state index in [1.807, 2.05) is 10.9 Å². The lowest BCUT2D eigenvalue weighted by Crippen LogP contribution is -1.99. The first-order valence-corrected chi connectivity index (χ1v) is 5.89. The van der Waals surface area contributed by atoms with Crippen LogP contribution in [0.4, 0.5) is 0 Å². The minimum absolute atomic E-state index is 0.0502. The highest BCUT2D eigenvalue weighted by atomic mass is 16.5. The predicted molar refractivity (Wildman–Crippen MR) is 69.1 cm³/mol. The maximum absolute atomic E-state index is 11.1. The van der Waals surface area contributed by atoms with Crippen LogP contribution in [0, 0.1) is 0 Å². The monoisotopic (exact) mass is 244 g/mol. The van der Waals surface area contributed by atoms with Gasteiger partial charge in [-0.1, -0.05) is 0 Å². The zero-order valence-electron chi connectivity index (χ0n) is 10.8. The van der Waals surface area contributed by atoms with Crippen molar-refractivity contribution >= 4 is 5.78 Å². The number of carbonyl (C=O) groups excluding carboxylic acids is 1. The summed E-state index contributed by atoms with van der Waals surface area (Å²) in [6.45, 7) is 5.65. The number of Topliss-reactive ketones (excluding diaryl/α,β-unsaturated/α-hetero) is 1. The van der Waals surface area contributed by atoms with Crippen LogP contribution < -0.4 is 4.74 Å².